The number of ether oxygens (including phenoxy) is 6. The Kier molecular flexibility index (Phi) is 14.3. The maximum Gasteiger partial charge on any atom is 0.436 e. The SMILES string of the molecule is C=CCOC(=O)N(OCc1ccccc1)[C@@H]1O[C@H](COC(C)=O)[C@@H](OC(C)=O)[C@H](OC(C)=O)[C@H]1NC(=O)OCC(Cl)(Cl)Cl. The third-order valence-corrected chi connectivity index (χ3v) is 5.65. The summed E-state index contributed by atoms with van der Waals surface area (Å²) in [5.41, 5.74) is 0.622. The Balaban J connectivity index is 2.61. The minimum Gasteiger partial charge on any atom is -0.463 e. The molecule has 1 N–H and O–H groups in total. The number of carbonyl (C=O) groups is 5. The van der Waals surface area contributed by atoms with Crippen molar-refractivity contribution in [3.05, 3.63) is 48.6 Å². The molecule has 1 aliphatic heterocycles. The maximum absolute atomic E-state index is 13.2. The summed E-state index contributed by atoms with van der Waals surface area (Å²) >= 11 is 17.0. The van der Waals surface area contributed by atoms with E-state index in [4.69, 9.17) is 68.1 Å². The predicted molar refractivity (Wildman–Crippen MR) is 150 cm³/mol. The van der Waals surface area contributed by atoms with Crippen LogP contribution in [-0.2, 0) is 54.2 Å². The highest BCUT2D eigenvalue weighted by molar-refractivity contribution is 6.67. The Bertz CT molecular complexity index is 1130. The molecule has 1 aromatic carbocycles. The van der Waals surface area contributed by atoms with Crippen molar-refractivity contribution in [2.24, 2.45) is 0 Å². The van der Waals surface area contributed by atoms with Crippen LogP contribution in [-0.4, -0.2) is 89.4 Å². The number of hydrogen-bond acceptors (Lipinski definition) is 12. The third-order valence-electron chi connectivity index (χ3n) is 5.32. The van der Waals surface area contributed by atoms with Crippen LogP contribution in [0.1, 0.15) is 26.3 Å². The zero-order valence-electron chi connectivity index (χ0n) is 23.4. The van der Waals surface area contributed by atoms with Crippen molar-refractivity contribution in [2.75, 3.05) is 19.8 Å². The molecule has 238 valence electrons. The molecular weight excluding hydrogens is 639 g/mol. The minimum absolute atomic E-state index is 0.200. The fraction of sp³-hybridized carbons (Fsp3) is 0.500. The average molecular weight is 670 g/mol. The number of amides is 2. The highest BCUT2D eigenvalue weighted by Crippen LogP contribution is 2.31. The van der Waals surface area contributed by atoms with Crippen LogP contribution in [0.25, 0.3) is 0 Å². The van der Waals surface area contributed by atoms with E-state index in [1.54, 1.807) is 30.3 Å². The van der Waals surface area contributed by atoms with Crippen LogP contribution in [0.5, 0.6) is 0 Å². The summed E-state index contributed by atoms with van der Waals surface area (Å²) in [5, 5.41) is 3.02. The number of alkyl carbamates (subject to hydrolysis) is 1. The molecule has 2 amide bonds. The Morgan fingerprint density at radius 1 is 0.953 bits per heavy atom. The lowest BCUT2D eigenvalue weighted by atomic mass is 9.95. The van der Waals surface area contributed by atoms with Crippen molar-refractivity contribution >= 4 is 64.9 Å². The van der Waals surface area contributed by atoms with E-state index in [2.05, 4.69) is 11.9 Å². The normalized spacial score (nSPS) is 21.5. The van der Waals surface area contributed by atoms with Crippen LogP contribution in [0.4, 0.5) is 9.59 Å². The van der Waals surface area contributed by atoms with Crippen molar-refractivity contribution in [1.29, 1.82) is 0 Å². The van der Waals surface area contributed by atoms with E-state index in [0.29, 0.717) is 10.6 Å². The molecule has 1 saturated heterocycles. The molecular formula is C26H31Cl3N2O12. The molecule has 0 aliphatic carbocycles. The van der Waals surface area contributed by atoms with Crippen LogP contribution in [0.2, 0.25) is 0 Å². The summed E-state index contributed by atoms with van der Waals surface area (Å²) < 4.78 is 30.1. The Morgan fingerprint density at radius 2 is 1.58 bits per heavy atom. The topological polar surface area (TPSA) is 165 Å². The van der Waals surface area contributed by atoms with Gasteiger partial charge >= 0.3 is 30.1 Å². The highest BCUT2D eigenvalue weighted by Gasteiger charge is 2.54. The van der Waals surface area contributed by atoms with Gasteiger partial charge in [0.1, 0.15) is 38.6 Å². The number of hydroxylamine groups is 2. The number of hydrogen-bond donors (Lipinski definition) is 1. The van der Waals surface area contributed by atoms with E-state index < -0.39 is 77.7 Å². The minimum atomic E-state index is -1.98. The number of nitrogens with zero attached hydrogens (tertiary/aromatic N) is 1. The van der Waals surface area contributed by atoms with Crippen LogP contribution in [0.3, 0.4) is 0 Å². The van der Waals surface area contributed by atoms with Crippen molar-refractivity contribution in [1.82, 2.24) is 10.4 Å². The van der Waals surface area contributed by atoms with Gasteiger partial charge in [-0.05, 0) is 5.56 Å². The van der Waals surface area contributed by atoms with Crippen LogP contribution < -0.4 is 5.32 Å². The lowest BCUT2D eigenvalue weighted by molar-refractivity contribution is -0.302. The first kappa shape index (κ1) is 35.9. The summed E-state index contributed by atoms with van der Waals surface area (Å²) in [6.07, 6.45) is -7.11. The fourth-order valence-electron chi connectivity index (χ4n) is 3.74. The Labute approximate surface area is 262 Å². The van der Waals surface area contributed by atoms with Crippen molar-refractivity contribution in [3.63, 3.8) is 0 Å². The Hall–Kier alpha value is -3.30. The summed E-state index contributed by atoms with van der Waals surface area (Å²) in [4.78, 5) is 67.8. The molecule has 1 aromatic rings. The van der Waals surface area contributed by atoms with Gasteiger partial charge in [0.15, 0.2) is 18.4 Å². The number of alkyl halides is 3. The molecule has 14 nitrogen and oxygen atoms in total. The number of halogens is 3. The summed E-state index contributed by atoms with van der Waals surface area (Å²) in [5.74, 6) is -2.43. The molecule has 0 radical (unpaired) electrons. The molecule has 1 fully saturated rings. The summed E-state index contributed by atoms with van der Waals surface area (Å²) in [7, 11) is 0. The average Bonchev–Trinajstić information content (AvgIpc) is 2.92. The third kappa shape index (κ3) is 12.5. The van der Waals surface area contributed by atoms with Gasteiger partial charge in [0.25, 0.3) is 0 Å². The molecule has 0 unspecified atom stereocenters. The Morgan fingerprint density at radius 3 is 2.14 bits per heavy atom. The molecule has 0 saturated carbocycles. The largest absolute Gasteiger partial charge is 0.463 e. The van der Waals surface area contributed by atoms with E-state index in [1.807, 2.05) is 0 Å². The van der Waals surface area contributed by atoms with Gasteiger partial charge in [0.2, 0.25) is 3.79 Å². The number of nitrogens with one attached hydrogen (secondary N) is 1. The first-order valence-corrected chi connectivity index (χ1v) is 13.7. The van der Waals surface area contributed by atoms with Gasteiger partial charge in [0.05, 0.1) is 0 Å². The summed E-state index contributed by atoms with van der Waals surface area (Å²) in [6.45, 7) is 5.07. The smallest absolute Gasteiger partial charge is 0.436 e. The van der Waals surface area contributed by atoms with E-state index in [1.165, 1.54) is 6.08 Å². The second-order valence-electron chi connectivity index (χ2n) is 8.83. The molecule has 0 aromatic heterocycles. The van der Waals surface area contributed by atoms with Gasteiger partial charge in [-0.15, -0.1) is 0 Å². The lowest BCUT2D eigenvalue weighted by Crippen LogP contribution is -2.70. The molecule has 2 rings (SSSR count). The molecule has 5 atom stereocenters. The van der Waals surface area contributed by atoms with Crippen LogP contribution in [0, 0.1) is 0 Å². The number of esters is 3. The van der Waals surface area contributed by atoms with Gasteiger partial charge < -0.3 is 33.7 Å². The van der Waals surface area contributed by atoms with E-state index in [-0.39, 0.29) is 13.2 Å². The standard InChI is InChI=1S/C26H31Cl3N2O12/c1-5-11-37-25(36)31(40-12-18-9-7-6-8-10-18)23-20(30-24(35)39-14-26(27,28)29)22(42-17(4)34)21(41-16(3)33)19(43-23)13-38-15(2)32/h5-10,19-23H,1,11-14H2,2-4H3,(H,30,35)/t19-,20-,21-,22-,23-/m1/s1. The molecule has 0 spiro atoms. The first-order valence-electron chi connectivity index (χ1n) is 12.6. The monoisotopic (exact) mass is 668 g/mol. The number of rotatable bonds is 12. The highest BCUT2D eigenvalue weighted by atomic mass is 35.6. The van der Waals surface area contributed by atoms with E-state index in [0.717, 1.165) is 20.8 Å². The van der Waals surface area contributed by atoms with Crippen molar-refractivity contribution in [3.8, 4) is 0 Å². The van der Waals surface area contributed by atoms with Gasteiger partial charge in [-0.3, -0.25) is 19.2 Å². The predicted octanol–water partition coefficient (Wildman–Crippen LogP) is 3.36. The van der Waals surface area contributed by atoms with Crippen LogP contribution >= 0.6 is 34.8 Å². The quantitative estimate of drug-likeness (QED) is 0.114. The maximum atomic E-state index is 13.2. The lowest BCUT2D eigenvalue weighted by Gasteiger charge is -2.47. The van der Waals surface area contributed by atoms with Gasteiger partial charge in [-0.1, -0.05) is 77.8 Å². The molecule has 43 heavy (non-hydrogen) atoms. The van der Waals surface area contributed by atoms with Crippen molar-refractivity contribution in [2.45, 2.75) is 61.8 Å². The molecule has 17 heteroatoms. The molecule has 1 aliphatic rings. The van der Waals surface area contributed by atoms with Crippen LogP contribution in [0.15, 0.2) is 43.0 Å². The molecule has 1 heterocycles. The summed E-state index contributed by atoms with van der Waals surface area (Å²) in [6, 6.07) is 7.08. The van der Waals surface area contributed by atoms with Crippen molar-refractivity contribution < 1.29 is 57.2 Å². The van der Waals surface area contributed by atoms with Gasteiger partial charge in [0, 0.05) is 20.8 Å². The molecule has 0 bridgehead atoms. The number of benzene rings is 1. The first-order chi connectivity index (χ1) is 20.2. The fourth-order valence-corrected chi connectivity index (χ4v) is 3.91. The van der Waals surface area contributed by atoms with Gasteiger partial charge in [-0.25, -0.2) is 9.59 Å². The number of carbonyl (C=O) groups excluding carboxylic acids is 5. The zero-order chi connectivity index (χ0) is 32.2. The zero-order valence-corrected chi connectivity index (χ0v) is 25.6. The van der Waals surface area contributed by atoms with E-state index in [9.17, 15) is 24.0 Å². The van der Waals surface area contributed by atoms with Gasteiger partial charge in [-0.2, -0.15) is 5.06 Å². The van der Waals surface area contributed by atoms with E-state index >= 15 is 0 Å². The second kappa shape index (κ2) is 17.1. The second-order valence-corrected chi connectivity index (χ2v) is 11.3.